The number of hydrogen-bond acceptors (Lipinski definition) is 3. The summed E-state index contributed by atoms with van der Waals surface area (Å²) in [5.74, 6) is 2.60. The molecule has 3 heteroatoms. The normalized spacial score (nSPS) is 24.2. The number of anilines is 1. The molecule has 0 spiro atoms. The highest BCUT2D eigenvalue weighted by Gasteiger charge is 2.30. The predicted molar refractivity (Wildman–Crippen MR) is 132 cm³/mol. The summed E-state index contributed by atoms with van der Waals surface area (Å²) in [5, 5.41) is 0. The Hall–Kier alpha value is -1.06. The van der Waals surface area contributed by atoms with E-state index in [1.165, 1.54) is 96.9 Å². The Balaban J connectivity index is 1.28. The standard InChI is InChI=1S/C28H46N2O/c1-2-22-31-23-16-24-14-18-29(19-15-24)20-21-30-17-8-12-26(25-9-4-3-5-10-25)27-11-6-7-13-28(27)30/h6-7,11,13,24-26H,2-5,8-10,12,14-23H2,1H3. The van der Waals surface area contributed by atoms with Crippen LogP contribution in [-0.4, -0.2) is 50.8 Å². The zero-order valence-corrected chi connectivity index (χ0v) is 20.1. The number of benzene rings is 1. The topological polar surface area (TPSA) is 15.7 Å². The maximum atomic E-state index is 5.72. The molecule has 4 rings (SSSR count). The number of hydrogen-bond donors (Lipinski definition) is 0. The molecule has 1 aliphatic carbocycles. The third kappa shape index (κ3) is 6.48. The minimum atomic E-state index is 0.798. The van der Waals surface area contributed by atoms with Crippen molar-refractivity contribution in [2.45, 2.75) is 83.5 Å². The van der Waals surface area contributed by atoms with Crippen LogP contribution in [0.2, 0.25) is 0 Å². The van der Waals surface area contributed by atoms with E-state index in [9.17, 15) is 0 Å². The molecule has 0 aromatic heterocycles. The number of fused-ring (bicyclic) bond motifs is 1. The van der Waals surface area contributed by atoms with Crippen LogP contribution in [0.15, 0.2) is 24.3 Å². The van der Waals surface area contributed by atoms with Crippen LogP contribution in [-0.2, 0) is 4.74 Å². The molecular formula is C28H46N2O. The first-order valence-corrected chi connectivity index (χ1v) is 13.5. The highest BCUT2D eigenvalue weighted by molar-refractivity contribution is 5.56. The van der Waals surface area contributed by atoms with E-state index in [2.05, 4.69) is 41.0 Å². The van der Waals surface area contributed by atoms with E-state index in [0.29, 0.717) is 0 Å². The molecule has 2 heterocycles. The highest BCUT2D eigenvalue weighted by atomic mass is 16.5. The van der Waals surface area contributed by atoms with E-state index in [1.54, 1.807) is 11.3 Å². The average molecular weight is 427 g/mol. The molecule has 1 saturated carbocycles. The third-order valence-electron chi connectivity index (χ3n) is 8.25. The summed E-state index contributed by atoms with van der Waals surface area (Å²) in [7, 11) is 0. The Labute approximate surface area is 191 Å². The number of piperidine rings is 1. The van der Waals surface area contributed by atoms with Crippen molar-refractivity contribution in [3.8, 4) is 0 Å². The molecule has 2 fully saturated rings. The van der Waals surface area contributed by atoms with Crippen LogP contribution in [0.3, 0.4) is 0 Å². The van der Waals surface area contributed by atoms with E-state index >= 15 is 0 Å². The van der Waals surface area contributed by atoms with Crippen LogP contribution in [0, 0.1) is 11.8 Å². The second-order valence-electron chi connectivity index (χ2n) is 10.4. The Bertz CT molecular complexity index is 634. The first-order valence-electron chi connectivity index (χ1n) is 13.5. The maximum Gasteiger partial charge on any atom is 0.0468 e. The number of ether oxygens (including phenoxy) is 1. The lowest BCUT2D eigenvalue weighted by Gasteiger charge is -2.35. The lowest BCUT2D eigenvalue weighted by Crippen LogP contribution is -2.40. The molecule has 3 aliphatic rings. The SMILES string of the molecule is CCCOCCC1CCN(CCN2CCCC(C3CCCCC3)c3ccccc32)CC1. The summed E-state index contributed by atoms with van der Waals surface area (Å²) in [5.41, 5.74) is 3.22. The van der Waals surface area contributed by atoms with Crippen LogP contribution in [0.1, 0.15) is 89.0 Å². The van der Waals surface area contributed by atoms with Gasteiger partial charge in [-0.25, -0.2) is 0 Å². The monoisotopic (exact) mass is 426 g/mol. The molecular weight excluding hydrogens is 380 g/mol. The Morgan fingerprint density at radius 2 is 1.65 bits per heavy atom. The smallest absolute Gasteiger partial charge is 0.0468 e. The van der Waals surface area contributed by atoms with Gasteiger partial charge in [0.15, 0.2) is 0 Å². The summed E-state index contributed by atoms with van der Waals surface area (Å²) >= 11 is 0. The summed E-state index contributed by atoms with van der Waals surface area (Å²) in [6.45, 7) is 10.3. The number of rotatable bonds is 9. The fourth-order valence-electron chi connectivity index (χ4n) is 6.38. The molecule has 0 radical (unpaired) electrons. The van der Waals surface area contributed by atoms with Gasteiger partial charge in [0.1, 0.15) is 0 Å². The Kier molecular flexibility index (Phi) is 9.13. The zero-order chi connectivity index (χ0) is 21.3. The van der Waals surface area contributed by atoms with Gasteiger partial charge in [0.2, 0.25) is 0 Å². The molecule has 31 heavy (non-hydrogen) atoms. The molecule has 2 aliphatic heterocycles. The van der Waals surface area contributed by atoms with Crippen molar-refractivity contribution < 1.29 is 4.74 Å². The Morgan fingerprint density at radius 3 is 2.45 bits per heavy atom. The van der Waals surface area contributed by atoms with Crippen LogP contribution in [0.5, 0.6) is 0 Å². The van der Waals surface area contributed by atoms with Crippen LogP contribution in [0.25, 0.3) is 0 Å². The third-order valence-corrected chi connectivity index (χ3v) is 8.25. The predicted octanol–water partition coefficient (Wildman–Crippen LogP) is 6.48. The van der Waals surface area contributed by atoms with Gasteiger partial charge in [0, 0.05) is 38.5 Å². The molecule has 1 atom stereocenters. The lowest BCUT2D eigenvalue weighted by molar-refractivity contribution is 0.102. The lowest BCUT2D eigenvalue weighted by atomic mass is 9.75. The van der Waals surface area contributed by atoms with Crippen LogP contribution in [0.4, 0.5) is 5.69 Å². The van der Waals surface area contributed by atoms with E-state index in [0.717, 1.165) is 37.4 Å². The van der Waals surface area contributed by atoms with Gasteiger partial charge in [-0.15, -0.1) is 0 Å². The van der Waals surface area contributed by atoms with Crippen LogP contribution >= 0.6 is 0 Å². The molecule has 0 bridgehead atoms. The van der Waals surface area contributed by atoms with Crippen molar-refractivity contribution in [2.75, 3.05) is 50.8 Å². The Morgan fingerprint density at radius 1 is 0.839 bits per heavy atom. The van der Waals surface area contributed by atoms with Gasteiger partial charge in [0.05, 0.1) is 0 Å². The highest BCUT2D eigenvalue weighted by Crippen LogP contribution is 2.43. The van der Waals surface area contributed by atoms with Gasteiger partial charge in [-0.05, 0) is 93.8 Å². The molecule has 1 saturated heterocycles. The minimum Gasteiger partial charge on any atom is -0.381 e. The quantitative estimate of drug-likeness (QED) is 0.420. The molecule has 0 amide bonds. The van der Waals surface area contributed by atoms with Crippen molar-refractivity contribution in [3.63, 3.8) is 0 Å². The average Bonchev–Trinajstić information content (AvgIpc) is 3.01. The summed E-state index contributed by atoms with van der Waals surface area (Å²) in [6, 6.07) is 9.42. The zero-order valence-electron chi connectivity index (χ0n) is 20.1. The first kappa shape index (κ1) is 23.1. The van der Waals surface area contributed by atoms with Crippen molar-refractivity contribution in [2.24, 2.45) is 11.8 Å². The molecule has 3 nitrogen and oxygen atoms in total. The summed E-state index contributed by atoms with van der Waals surface area (Å²) in [4.78, 5) is 5.44. The van der Waals surface area contributed by atoms with E-state index in [-0.39, 0.29) is 0 Å². The fourth-order valence-corrected chi connectivity index (χ4v) is 6.38. The van der Waals surface area contributed by atoms with E-state index in [1.807, 2.05) is 0 Å². The second kappa shape index (κ2) is 12.3. The maximum absolute atomic E-state index is 5.72. The minimum absolute atomic E-state index is 0.798. The van der Waals surface area contributed by atoms with Crippen molar-refractivity contribution >= 4 is 5.69 Å². The molecule has 1 unspecified atom stereocenters. The van der Waals surface area contributed by atoms with Gasteiger partial charge < -0.3 is 14.5 Å². The van der Waals surface area contributed by atoms with Crippen molar-refractivity contribution in [3.05, 3.63) is 29.8 Å². The summed E-state index contributed by atoms with van der Waals surface area (Å²) in [6.07, 6.45) is 15.1. The summed E-state index contributed by atoms with van der Waals surface area (Å²) < 4.78 is 5.72. The van der Waals surface area contributed by atoms with Gasteiger partial charge in [-0.1, -0.05) is 44.4 Å². The molecule has 1 aromatic rings. The van der Waals surface area contributed by atoms with Gasteiger partial charge in [0.25, 0.3) is 0 Å². The van der Waals surface area contributed by atoms with Gasteiger partial charge >= 0.3 is 0 Å². The van der Waals surface area contributed by atoms with Crippen molar-refractivity contribution in [1.29, 1.82) is 0 Å². The van der Waals surface area contributed by atoms with E-state index in [4.69, 9.17) is 4.74 Å². The van der Waals surface area contributed by atoms with Crippen molar-refractivity contribution in [1.82, 2.24) is 4.90 Å². The molecule has 0 N–H and O–H groups in total. The van der Waals surface area contributed by atoms with Gasteiger partial charge in [-0.2, -0.15) is 0 Å². The number of nitrogens with zero attached hydrogens (tertiary/aromatic N) is 2. The van der Waals surface area contributed by atoms with E-state index < -0.39 is 0 Å². The number of para-hydroxylation sites is 1. The first-order chi connectivity index (χ1) is 15.3. The van der Waals surface area contributed by atoms with Crippen LogP contribution < -0.4 is 4.90 Å². The fraction of sp³-hybridized carbons (Fsp3) is 0.786. The molecule has 1 aromatic carbocycles. The largest absolute Gasteiger partial charge is 0.381 e. The van der Waals surface area contributed by atoms with Gasteiger partial charge in [-0.3, -0.25) is 0 Å². The number of likely N-dealkylation sites (tertiary alicyclic amines) is 1. The molecule has 174 valence electrons. The second-order valence-corrected chi connectivity index (χ2v) is 10.4.